The van der Waals surface area contributed by atoms with E-state index in [4.69, 9.17) is 4.74 Å². The van der Waals surface area contributed by atoms with E-state index in [2.05, 4.69) is 5.32 Å². The Bertz CT molecular complexity index is 395. The summed E-state index contributed by atoms with van der Waals surface area (Å²) in [5.74, 6) is -0.712. The van der Waals surface area contributed by atoms with E-state index in [1.165, 1.54) is 25.3 Å². The van der Waals surface area contributed by atoms with Crippen LogP contribution >= 0.6 is 0 Å². The van der Waals surface area contributed by atoms with Gasteiger partial charge < -0.3 is 15.2 Å². The van der Waals surface area contributed by atoms with Gasteiger partial charge in [-0.25, -0.2) is 4.39 Å². The Balaban J connectivity index is 2.58. The zero-order valence-corrected chi connectivity index (χ0v) is 9.87. The molecule has 0 saturated heterocycles. The molecule has 0 spiro atoms. The number of nitrogens with one attached hydrogen (secondary N) is 1. The smallest absolute Gasteiger partial charge is 0.251 e. The number of halogens is 1. The van der Waals surface area contributed by atoms with Crippen LogP contribution in [0.3, 0.4) is 0 Å². The van der Waals surface area contributed by atoms with Crippen LogP contribution in [0.5, 0.6) is 0 Å². The second-order valence-corrected chi connectivity index (χ2v) is 3.78. The van der Waals surface area contributed by atoms with Gasteiger partial charge in [-0.15, -0.1) is 0 Å². The number of aryl methyl sites for hydroxylation is 1. The minimum atomic E-state index is -0.746. The third-order valence-electron chi connectivity index (χ3n) is 2.29. The van der Waals surface area contributed by atoms with Crippen molar-refractivity contribution < 1.29 is 19.0 Å². The molecule has 0 heterocycles. The van der Waals surface area contributed by atoms with Crippen molar-refractivity contribution in [1.82, 2.24) is 5.32 Å². The van der Waals surface area contributed by atoms with E-state index < -0.39 is 6.10 Å². The molecule has 0 saturated carbocycles. The predicted octanol–water partition coefficient (Wildman–Crippen LogP) is 0.871. The lowest BCUT2D eigenvalue weighted by Crippen LogP contribution is -2.34. The standard InChI is InChI=1S/C12H16FNO3/c1-8-5-9(13)3-4-11(8)12(16)14-6-10(15)7-17-2/h3-5,10,15H,6-7H2,1-2H3,(H,14,16). The highest BCUT2D eigenvalue weighted by Gasteiger charge is 2.11. The fourth-order valence-corrected chi connectivity index (χ4v) is 1.44. The molecule has 2 N–H and O–H groups in total. The van der Waals surface area contributed by atoms with Crippen LogP contribution in [0.2, 0.25) is 0 Å². The molecule has 0 fully saturated rings. The molecular formula is C12H16FNO3. The summed E-state index contributed by atoms with van der Waals surface area (Å²) in [4.78, 5) is 11.7. The molecular weight excluding hydrogens is 225 g/mol. The van der Waals surface area contributed by atoms with Crippen LogP contribution in [0.1, 0.15) is 15.9 Å². The van der Waals surface area contributed by atoms with Crippen molar-refractivity contribution in [2.75, 3.05) is 20.3 Å². The van der Waals surface area contributed by atoms with Crippen molar-refractivity contribution in [1.29, 1.82) is 0 Å². The van der Waals surface area contributed by atoms with Crippen molar-refractivity contribution in [3.8, 4) is 0 Å². The Labute approximate surface area is 99.4 Å². The van der Waals surface area contributed by atoms with Crippen molar-refractivity contribution in [2.45, 2.75) is 13.0 Å². The fourth-order valence-electron chi connectivity index (χ4n) is 1.44. The van der Waals surface area contributed by atoms with Gasteiger partial charge >= 0.3 is 0 Å². The average Bonchev–Trinajstić information content (AvgIpc) is 2.26. The van der Waals surface area contributed by atoms with E-state index in [-0.39, 0.29) is 24.9 Å². The number of carbonyl (C=O) groups excluding carboxylic acids is 1. The van der Waals surface area contributed by atoms with E-state index in [1.54, 1.807) is 6.92 Å². The van der Waals surface area contributed by atoms with Gasteiger partial charge in [0, 0.05) is 19.2 Å². The second-order valence-electron chi connectivity index (χ2n) is 3.78. The molecule has 1 aromatic carbocycles. The molecule has 1 aromatic rings. The third-order valence-corrected chi connectivity index (χ3v) is 2.29. The molecule has 17 heavy (non-hydrogen) atoms. The molecule has 1 unspecified atom stereocenters. The number of aliphatic hydroxyl groups is 1. The lowest BCUT2D eigenvalue weighted by molar-refractivity contribution is 0.0609. The van der Waals surface area contributed by atoms with Crippen LogP contribution in [0.4, 0.5) is 4.39 Å². The summed E-state index contributed by atoms with van der Waals surface area (Å²) in [6.07, 6.45) is -0.746. The molecule has 0 aliphatic heterocycles. The number of methoxy groups -OCH3 is 1. The van der Waals surface area contributed by atoms with Crippen molar-refractivity contribution >= 4 is 5.91 Å². The lowest BCUT2D eigenvalue weighted by atomic mass is 10.1. The van der Waals surface area contributed by atoms with Crippen LogP contribution in [-0.4, -0.2) is 37.4 Å². The molecule has 0 aromatic heterocycles. The molecule has 0 aliphatic rings. The largest absolute Gasteiger partial charge is 0.389 e. The quantitative estimate of drug-likeness (QED) is 0.804. The first kappa shape index (κ1) is 13.6. The van der Waals surface area contributed by atoms with Gasteiger partial charge in [0.15, 0.2) is 0 Å². The van der Waals surface area contributed by atoms with Crippen LogP contribution in [0.15, 0.2) is 18.2 Å². The Morgan fingerprint density at radius 2 is 2.29 bits per heavy atom. The molecule has 0 radical (unpaired) electrons. The third kappa shape index (κ3) is 4.13. The maximum absolute atomic E-state index is 12.8. The summed E-state index contributed by atoms with van der Waals surface area (Å²) in [6.45, 7) is 1.91. The van der Waals surface area contributed by atoms with E-state index in [9.17, 15) is 14.3 Å². The molecule has 0 aliphatic carbocycles. The predicted molar refractivity (Wildman–Crippen MR) is 61.4 cm³/mol. The Kier molecular flexibility index (Phi) is 5.06. The first-order valence-corrected chi connectivity index (χ1v) is 5.26. The molecule has 94 valence electrons. The van der Waals surface area contributed by atoms with Crippen molar-refractivity contribution in [3.05, 3.63) is 35.1 Å². The number of rotatable bonds is 5. The van der Waals surface area contributed by atoms with Gasteiger partial charge in [0.2, 0.25) is 0 Å². The molecule has 4 nitrogen and oxygen atoms in total. The Hall–Kier alpha value is -1.46. The summed E-state index contributed by atoms with van der Waals surface area (Å²) in [5, 5.41) is 11.9. The summed E-state index contributed by atoms with van der Waals surface area (Å²) >= 11 is 0. The first-order chi connectivity index (χ1) is 8.04. The van der Waals surface area contributed by atoms with Crippen LogP contribution in [-0.2, 0) is 4.74 Å². The van der Waals surface area contributed by atoms with E-state index in [0.717, 1.165) is 0 Å². The molecule has 1 rings (SSSR count). The molecule has 0 bridgehead atoms. The molecule has 1 amide bonds. The topological polar surface area (TPSA) is 58.6 Å². The maximum atomic E-state index is 12.8. The Morgan fingerprint density at radius 3 is 2.88 bits per heavy atom. The van der Waals surface area contributed by atoms with Gasteiger partial charge in [0.1, 0.15) is 5.82 Å². The second kappa shape index (κ2) is 6.32. The normalized spacial score (nSPS) is 12.2. The minimum absolute atomic E-state index is 0.101. The van der Waals surface area contributed by atoms with Gasteiger partial charge in [0.25, 0.3) is 5.91 Å². The van der Waals surface area contributed by atoms with Crippen molar-refractivity contribution in [2.24, 2.45) is 0 Å². The number of hydrogen-bond acceptors (Lipinski definition) is 3. The number of aliphatic hydroxyl groups excluding tert-OH is 1. The first-order valence-electron chi connectivity index (χ1n) is 5.26. The van der Waals surface area contributed by atoms with Gasteiger partial charge in [-0.1, -0.05) is 0 Å². The van der Waals surface area contributed by atoms with E-state index in [1.807, 2.05) is 0 Å². The number of benzene rings is 1. The van der Waals surface area contributed by atoms with Crippen LogP contribution < -0.4 is 5.32 Å². The summed E-state index contributed by atoms with van der Waals surface area (Å²) in [5.41, 5.74) is 0.958. The van der Waals surface area contributed by atoms with Crippen molar-refractivity contribution in [3.63, 3.8) is 0 Å². The highest BCUT2D eigenvalue weighted by molar-refractivity contribution is 5.95. The fraction of sp³-hybridized carbons (Fsp3) is 0.417. The van der Waals surface area contributed by atoms with Crippen LogP contribution in [0.25, 0.3) is 0 Å². The molecule has 1 atom stereocenters. The van der Waals surface area contributed by atoms with Gasteiger partial charge in [0.05, 0.1) is 12.7 Å². The monoisotopic (exact) mass is 241 g/mol. The maximum Gasteiger partial charge on any atom is 0.251 e. The number of ether oxygens (including phenoxy) is 1. The highest BCUT2D eigenvalue weighted by atomic mass is 19.1. The number of amides is 1. The zero-order chi connectivity index (χ0) is 12.8. The van der Waals surface area contributed by atoms with Gasteiger partial charge in [-0.05, 0) is 30.7 Å². The summed E-state index contributed by atoms with van der Waals surface area (Å²) in [6, 6.07) is 3.94. The van der Waals surface area contributed by atoms with Crippen LogP contribution in [0, 0.1) is 12.7 Å². The van der Waals surface area contributed by atoms with Gasteiger partial charge in [-0.2, -0.15) is 0 Å². The van der Waals surface area contributed by atoms with E-state index in [0.29, 0.717) is 11.1 Å². The SMILES string of the molecule is COCC(O)CNC(=O)c1ccc(F)cc1C. The molecule has 5 heteroatoms. The number of hydrogen-bond donors (Lipinski definition) is 2. The minimum Gasteiger partial charge on any atom is -0.389 e. The van der Waals surface area contributed by atoms with Gasteiger partial charge in [-0.3, -0.25) is 4.79 Å². The average molecular weight is 241 g/mol. The summed E-state index contributed by atoms with van der Waals surface area (Å²) in [7, 11) is 1.47. The zero-order valence-electron chi connectivity index (χ0n) is 9.87. The Morgan fingerprint density at radius 1 is 1.59 bits per heavy atom. The van der Waals surface area contributed by atoms with E-state index >= 15 is 0 Å². The number of carbonyl (C=O) groups is 1. The lowest BCUT2D eigenvalue weighted by Gasteiger charge is -2.11. The highest BCUT2D eigenvalue weighted by Crippen LogP contribution is 2.09. The summed E-state index contributed by atoms with van der Waals surface area (Å²) < 4.78 is 17.6.